The lowest BCUT2D eigenvalue weighted by molar-refractivity contribution is -0.0157. The first kappa shape index (κ1) is 18.5. The van der Waals surface area contributed by atoms with Crippen LogP contribution in [0, 0.1) is 17.8 Å². The van der Waals surface area contributed by atoms with E-state index in [2.05, 4.69) is 13.8 Å². The molecule has 2 rings (SSSR count). The van der Waals surface area contributed by atoms with Gasteiger partial charge in [-0.15, -0.1) is 0 Å². The Labute approximate surface area is 140 Å². The molecule has 0 aromatic rings. The highest BCUT2D eigenvalue weighted by molar-refractivity contribution is 5.69. The number of aliphatic hydroxyl groups is 1. The van der Waals surface area contributed by atoms with Crippen LogP contribution < -0.4 is 0 Å². The second kappa shape index (κ2) is 7.39. The molecule has 5 nitrogen and oxygen atoms in total. The van der Waals surface area contributed by atoms with E-state index in [1.807, 2.05) is 20.8 Å². The molecule has 4 atom stereocenters. The van der Waals surface area contributed by atoms with Crippen molar-refractivity contribution in [1.29, 1.82) is 0 Å². The Balaban J connectivity index is 2.07. The zero-order valence-electron chi connectivity index (χ0n) is 15.2. The Kier molecular flexibility index (Phi) is 5.95. The summed E-state index contributed by atoms with van der Waals surface area (Å²) in [5.41, 5.74) is -0.525. The minimum atomic E-state index is -0.525. The summed E-state index contributed by atoms with van der Waals surface area (Å²) in [5.74, 6) is 1.61. The first-order valence-electron chi connectivity index (χ1n) is 8.93. The lowest BCUT2D eigenvalue weighted by Gasteiger charge is -2.29. The van der Waals surface area contributed by atoms with E-state index < -0.39 is 5.60 Å². The second-order valence-electron chi connectivity index (χ2n) is 8.50. The number of rotatable bonds is 3. The van der Waals surface area contributed by atoms with E-state index in [1.54, 1.807) is 4.90 Å². The predicted molar refractivity (Wildman–Crippen MR) is 89.2 cm³/mol. The molecule has 4 unspecified atom stereocenters. The number of fused-ring (bicyclic) bond motifs is 1. The largest absolute Gasteiger partial charge is 0.444 e. The molecule has 2 aliphatic heterocycles. The van der Waals surface area contributed by atoms with Crippen molar-refractivity contribution in [1.82, 2.24) is 4.90 Å². The van der Waals surface area contributed by atoms with Crippen molar-refractivity contribution < 1.29 is 19.4 Å². The number of ether oxygens (including phenoxy) is 2. The van der Waals surface area contributed by atoms with Crippen LogP contribution in [0.2, 0.25) is 0 Å². The molecule has 0 aromatic carbocycles. The van der Waals surface area contributed by atoms with Crippen LogP contribution in [-0.2, 0) is 9.47 Å². The molecule has 0 aliphatic carbocycles. The quantitative estimate of drug-likeness (QED) is 0.865. The van der Waals surface area contributed by atoms with Crippen molar-refractivity contribution in [2.24, 2.45) is 17.8 Å². The number of carbonyl (C=O) groups excluding carboxylic acids is 1. The van der Waals surface area contributed by atoms with Crippen LogP contribution >= 0.6 is 0 Å². The average Bonchev–Trinajstić information content (AvgIpc) is 2.63. The van der Waals surface area contributed by atoms with Gasteiger partial charge in [0.05, 0.1) is 18.8 Å². The molecule has 23 heavy (non-hydrogen) atoms. The van der Waals surface area contributed by atoms with Crippen molar-refractivity contribution in [2.75, 3.05) is 19.8 Å². The molecule has 1 amide bonds. The predicted octanol–water partition coefficient (Wildman–Crippen LogP) is 3.06. The maximum atomic E-state index is 12.5. The summed E-state index contributed by atoms with van der Waals surface area (Å²) in [6.45, 7) is 11.4. The first-order valence-corrected chi connectivity index (χ1v) is 8.93. The van der Waals surface area contributed by atoms with Gasteiger partial charge in [-0.3, -0.25) is 4.90 Å². The fourth-order valence-corrected chi connectivity index (χ4v) is 3.97. The maximum absolute atomic E-state index is 12.5. The molecule has 0 aromatic heterocycles. The highest BCUT2D eigenvalue weighted by Gasteiger charge is 2.47. The van der Waals surface area contributed by atoms with Gasteiger partial charge in [-0.1, -0.05) is 13.8 Å². The van der Waals surface area contributed by atoms with Crippen LogP contribution in [-0.4, -0.2) is 53.6 Å². The number of hydrogen-bond donors (Lipinski definition) is 1. The van der Waals surface area contributed by atoms with E-state index in [0.29, 0.717) is 24.3 Å². The van der Waals surface area contributed by atoms with Crippen molar-refractivity contribution in [2.45, 2.75) is 71.6 Å². The standard InChI is InChI=1S/C18H33NO4/c1-12(2)8-13-6-7-22-16-14(9-13)10-19(15(16)11-20)17(21)23-18(3,4)5/h12-16,20H,6-11H2,1-5H3. The second-order valence-corrected chi connectivity index (χ2v) is 8.50. The number of amides is 1. The Morgan fingerprint density at radius 3 is 2.65 bits per heavy atom. The van der Waals surface area contributed by atoms with E-state index >= 15 is 0 Å². The molecule has 2 fully saturated rings. The zero-order valence-corrected chi connectivity index (χ0v) is 15.2. The van der Waals surface area contributed by atoms with Crippen molar-refractivity contribution >= 4 is 6.09 Å². The summed E-state index contributed by atoms with van der Waals surface area (Å²) < 4.78 is 11.5. The molecule has 0 bridgehead atoms. The van der Waals surface area contributed by atoms with Crippen LogP contribution in [0.25, 0.3) is 0 Å². The minimum Gasteiger partial charge on any atom is -0.444 e. The lowest BCUT2D eigenvalue weighted by atomic mass is 9.85. The van der Waals surface area contributed by atoms with E-state index in [-0.39, 0.29) is 24.8 Å². The fourth-order valence-electron chi connectivity index (χ4n) is 3.97. The third-order valence-electron chi connectivity index (χ3n) is 4.77. The monoisotopic (exact) mass is 327 g/mol. The van der Waals surface area contributed by atoms with Crippen LogP contribution in [0.3, 0.4) is 0 Å². The fraction of sp³-hybridized carbons (Fsp3) is 0.944. The molecule has 0 spiro atoms. The van der Waals surface area contributed by atoms with Gasteiger partial charge in [0, 0.05) is 19.1 Å². The Morgan fingerprint density at radius 2 is 2.09 bits per heavy atom. The third kappa shape index (κ3) is 4.83. The zero-order chi connectivity index (χ0) is 17.2. The number of aliphatic hydroxyl groups excluding tert-OH is 1. The van der Waals surface area contributed by atoms with Gasteiger partial charge in [0.1, 0.15) is 5.60 Å². The van der Waals surface area contributed by atoms with Crippen LogP contribution in [0.15, 0.2) is 0 Å². The smallest absolute Gasteiger partial charge is 0.410 e. The van der Waals surface area contributed by atoms with Gasteiger partial charge in [0.2, 0.25) is 0 Å². The Hall–Kier alpha value is -0.810. The van der Waals surface area contributed by atoms with Gasteiger partial charge in [0.25, 0.3) is 0 Å². The Morgan fingerprint density at radius 1 is 1.39 bits per heavy atom. The summed E-state index contributed by atoms with van der Waals surface area (Å²) >= 11 is 0. The van der Waals surface area contributed by atoms with Gasteiger partial charge >= 0.3 is 6.09 Å². The molecule has 2 saturated heterocycles. The normalized spacial score (nSPS) is 31.9. The number of hydrogen-bond acceptors (Lipinski definition) is 4. The van der Waals surface area contributed by atoms with Gasteiger partial charge < -0.3 is 14.6 Å². The highest BCUT2D eigenvalue weighted by atomic mass is 16.6. The molecular formula is C18H33NO4. The number of carbonyl (C=O) groups is 1. The topological polar surface area (TPSA) is 59.0 Å². The molecule has 5 heteroatoms. The number of nitrogens with zero attached hydrogens (tertiary/aromatic N) is 1. The summed E-state index contributed by atoms with van der Waals surface area (Å²) in [6, 6.07) is -0.285. The van der Waals surface area contributed by atoms with Crippen molar-refractivity contribution in [3.8, 4) is 0 Å². The lowest BCUT2D eigenvalue weighted by Crippen LogP contribution is -2.45. The van der Waals surface area contributed by atoms with E-state index in [9.17, 15) is 9.90 Å². The van der Waals surface area contributed by atoms with Gasteiger partial charge in [0.15, 0.2) is 0 Å². The van der Waals surface area contributed by atoms with Gasteiger partial charge in [-0.25, -0.2) is 4.79 Å². The molecular weight excluding hydrogens is 294 g/mol. The third-order valence-corrected chi connectivity index (χ3v) is 4.77. The molecule has 1 N–H and O–H groups in total. The first-order chi connectivity index (χ1) is 10.7. The van der Waals surface area contributed by atoms with E-state index in [0.717, 1.165) is 19.4 Å². The number of likely N-dealkylation sites (tertiary alicyclic amines) is 1. The molecule has 134 valence electrons. The van der Waals surface area contributed by atoms with Crippen LogP contribution in [0.1, 0.15) is 53.9 Å². The maximum Gasteiger partial charge on any atom is 0.410 e. The SMILES string of the molecule is CC(C)CC1CCOC2C(C1)CN(C(=O)OC(C)(C)C)C2CO. The Bertz CT molecular complexity index is 404. The average molecular weight is 327 g/mol. The molecule has 2 heterocycles. The molecule has 2 aliphatic rings. The van der Waals surface area contributed by atoms with Gasteiger partial charge in [-0.05, 0) is 51.9 Å². The summed E-state index contributed by atoms with van der Waals surface area (Å²) in [6.07, 6.45) is 2.94. The highest BCUT2D eigenvalue weighted by Crippen LogP contribution is 2.37. The summed E-state index contributed by atoms with van der Waals surface area (Å²) in [4.78, 5) is 14.1. The van der Waals surface area contributed by atoms with Crippen LogP contribution in [0.4, 0.5) is 4.79 Å². The van der Waals surface area contributed by atoms with Crippen LogP contribution in [0.5, 0.6) is 0 Å². The van der Waals surface area contributed by atoms with E-state index in [1.165, 1.54) is 6.42 Å². The van der Waals surface area contributed by atoms with Crippen molar-refractivity contribution in [3.63, 3.8) is 0 Å². The minimum absolute atomic E-state index is 0.0651. The molecule has 0 radical (unpaired) electrons. The van der Waals surface area contributed by atoms with Gasteiger partial charge in [-0.2, -0.15) is 0 Å². The van der Waals surface area contributed by atoms with Crippen molar-refractivity contribution in [3.05, 3.63) is 0 Å². The summed E-state index contributed by atoms with van der Waals surface area (Å²) in [7, 11) is 0. The van der Waals surface area contributed by atoms with E-state index in [4.69, 9.17) is 9.47 Å². The molecule has 0 saturated carbocycles. The summed E-state index contributed by atoms with van der Waals surface area (Å²) in [5, 5.41) is 9.80.